The van der Waals surface area contributed by atoms with E-state index in [1.54, 1.807) is 10.9 Å². The maximum absolute atomic E-state index is 11.8. The predicted molar refractivity (Wildman–Crippen MR) is 78.2 cm³/mol. The first-order valence-corrected chi connectivity index (χ1v) is 6.85. The Hall–Kier alpha value is -2.22. The summed E-state index contributed by atoms with van der Waals surface area (Å²) in [5, 5.41) is 12.3. The average molecular weight is 292 g/mol. The van der Waals surface area contributed by atoms with E-state index in [1.807, 2.05) is 13.8 Å². The maximum atomic E-state index is 11.8. The third-order valence-electron chi connectivity index (χ3n) is 3.29. The lowest BCUT2D eigenvalue weighted by molar-refractivity contribution is -0.121. The average Bonchev–Trinajstić information content (AvgIpc) is 2.87. The van der Waals surface area contributed by atoms with Crippen molar-refractivity contribution in [3.05, 3.63) is 12.7 Å². The first-order valence-electron chi connectivity index (χ1n) is 6.85. The smallest absolute Gasteiger partial charge is 0.221 e. The number of rotatable bonds is 6. The summed E-state index contributed by atoms with van der Waals surface area (Å²) < 4.78 is 1.76. The van der Waals surface area contributed by atoms with Crippen molar-refractivity contribution in [3.8, 4) is 0 Å². The van der Waals surface area contributed by atoms with Crippen molar-refractivity contribution < 1.29 is 9.90 Å². The zero-order chi connectivity index (χ0) is 15.4. The highest BCUT2D eigenvalue weighted by molar-refractivity contribution is 5.81. The first kappa shape index (κ1) is 15.2. The number of nitrogens with zero attached hydrogens (tertiary/aromatic N) is 4. The Morgan fingerprint density at radius 3 is 2.90 bits per heavy atom. The number of fused-ring (bicyclic) bond motifs is 1. The number of aliphatic hydroxyl groups is 1. The topological polar surface area (TPSA) is 119 Å². The van der Waals surface area contributed by atoms with Crippen molar-refractivity contribution in [2.24, 2.45) is 5.92 Å². The molecule has 2 aromatic rings. The molecule has 0 spiro atoms. The van der Waals surface area contributed by atoms with E-state index in [2.05, 4.69) is 20.3 Å². The molecule has 0 aliphatic rings. The van der Waals surface area contributed by atoms with Crippen LogP contribution < -0.4 is 11.1 Å². The molecule has 4 N–H and O–H groups in total. The Morgan fingerprint density at radius 1 is 1.43 bits per heavy atom. The molecule has 114 valence electrons. The van der Waals surface area contributed by atoms with Crippen molar-refractivity contribution in [1.82, 2.24) is 24.8 Å². The summed E-state index contributed by atoms with van der Waals surface area (Å²) in [6.07, 6.45) is 2.71. The molecule has 0 aliphatic heterocycles. The normalized spacial score (nSPS) is 12.8. The van der Waals surface area contributed by atoms with E-state index >= 15 is 0 Å². The summed E-state index contributed by atoms with van der Waals surface area (Å²) in [7, 11) is 0. The summed E-state index contributed by atoms with van der Waals surface area (Å²) >= 11 is 0. The second-order valence-electron chi connectivity index (χ2n) is 5.23. The Kier molecular flexibility index (Phi) is 4.69. The fraction of sp³-hybridized carbons (Fsp3) is 0.538. The first-order chi connectivity index (χ1) is 9.99. The zero-order valence-corrected chi connectivity index (χ0v) is 12.2. The van der Waals surface area contributed by atoms with Crippen LogP contribution in [0.2, 0.25) is 0 Å². The van der Waals surface area contributed by atoms with Gasteiger partial charge in [-0.15, -0.1) is 0 Å². The summed E-state index contributed by atoms with van der Waals surface area (Å²) in [4.78, 5) is 23.9. The van der Waals surface area contributed by atoms with Crippen molar-refractivity contribution >= 4 is 22.9 Å². The van der Waals surface area contributed by atoms with Crippen LogP contribution in [0.25, 0.3) is 11.2 Å². The largest absolute Gasteiger partial charge is 0.391 e. The van der Waals surface area contributed by atoms with E-state index in [0.29, 0.717) is 23.5 Å². The van der Waals surface area contributed by atoms with Crippen LogP contribution >= 0.6 is 0 Å². The monoisotopic (exact) mass is 292 g/mol. The van der Waals surface area contributed by atoms with E-state index in [9.17, 15) is 9.90 Å². The van der Waals surface area contributed by atoms with E-state index in [1.165, 1.54) is 6.33 Å². The molecule has 8 nitrogen and oxygen atoms in total. The summed E-state index contributed by atoms with van der Waals surface area (Å²) in [6, 6.07) is 0. The number of amides is 1. The Labute approximate surface area is 122 Å². The number of nitrogen functional groups attached to an aromatic ring is 1. The van der Waals surface area contributed by atoms with E-state index in [-0.39, 0.29) is 24.8 Å². The molecule has 0 fully saturated rings. The number of hydrogen-bond acceptors (Lipinski definition) is 6. The van der Waals surface area contributed by atoms with Crippen LogP contribution in [0.1, 0.15) is 20.3 Å². The number of hydrogen-bond donors (Lipinski definition) is 3. The number of nitrogens with one attached hydrogen (secondary N) is 1. The number of nitrogens with two attached hydrogens (primary N) is 1. The van der Waals surface area contributed by atoms with Gasteiger partial charge >= 0.3 is 0 Å². The number of aromatic nitrogens is 4. The molecule has 0 radical (unpaired) electrons. The number of aryl methyl sites for hydroxylation is 1. The number of carbonyl (C=O) groups is 1. The minimum atomic E-state index is -0.532. The number of imidazole rings is 1. The van der Waals surface area contributed by atoms with E-state index < -0.39 is 6.10 Å². The SMILES string of the molecule is CC(C)C(O)CNC(=O)CCn1cnc2c(N)ncnc21. The zero-order valence-electron chi connectivity index (χ0n) is 12.2. The second kappa shape index (κ2) is 6.49. The lowest BCUT2D eigenvalue weighted by Crippen LogP contribution is -2.35. The van der Waals surface area contributed by atoms with Gasteiger partial charge in [-0.2, -0.15) is 0 Å². The number of anilines is 1. The van der Waals surface area contributed by atoms with Gasteiger partial charge in [0.15, 0.2) is 11.5 Å². The Morgan fingerprint density at radius 2 is 2.19 bits per heavy atom. The fourth-order valence-corrected chi connectivity index (χ4v) is 1.83. The molecule has 1 atom stereocenters. The quantitative estimate of drug-likeness (QED) is 0.686. The lowest BCUT2D eigenvalue weighted by Gasteiger charge is -2.15. The van der Waals surface area contributed by atoms with Crippen LogP contribution in [0.3, 0.4) is 0 Å². The summed E-state index contributed by atoms with van der Waals surface area (Å²) in [5.41, 5.74) is 6.84. The molecule has 1 unspecified atom stereocenters. The molecule has 0 saturated carbocycles. The second-order valence-corrected chi connectivity index (χ2v) is 5.23. The van der Waals surface area contributed by atoms with Crippen LogP contribution in [0, 0.1) is 5.92 Å². The van der Waals surface area contributed by atoms with Crippen LogP contribution in [-0.2, 0) is 11.3 Å². The molecule has 1 amide bonds. The minimum absolute atomic E-state index is 0.113. The van der Waals surface area contributed by atoms with E-state index in [0.717, 1.165) is 0 Å². The van der Waals surface area contributed by atoms with Gasteiger partial charge in [0, 0.05) is 19.5 Å². The van der Waals surface area contributed by atoms with Gasteiger partial charge in [-0.3, -0.25) is 4.79 Å². The third-order valence-corrected chi connectivity index (χ3v) is 3.29. The Bertz CT molecular complexity index is 624. The van der Waals surface area contributed by atoms with Crippen molar-refractivity contribution in [2.45, 2.75) is 32.9 Å². The molecule has 0 bridgehead atoms. The summed E-state index contributed by atoms with van der Waals surface area (Å²) in [6.45, 7) is 4.50. The highest BCUT2D eigenvalue weighted by Gasteiger charge is 2.12. The highest BCUT2D eigenvalue weighted by atomic mass is 16.3. The predicted octanol–water partition coefficient (Wildman–Crippen LogP) is -0.0683. The van der Waals surface area contributed by atoms with Gasteiger partial charge in [0.2, 0.25) is 5.91 Å². The van der Waals surface area contributed by atoms with E-state index in [4.69, 9.17) is 5.73 Å². The molecule has 0 aromatic carbocycles. The fourth-order valence-electron chi connectivity index (χ4n) is 1.83. The van der Waals surface area contributed by atoms with Gasteiger partial charge in [-0.1, -0.05) is 13.8 Å². The standard InChI is InChI=1S/C13H20N6O2/c1-8(2)9(20)5-15-10(21)3-4-19-7-18-11-12(14)16-6-17-13(11)19/h6-9,20H,3-5H2,1-2H3,(H,15,21)(H2,14,16,17). The van der Waals surface area contributed by atoms with Gasteiger partial charge in [0.25, 0.3) is 0 Å². The van der Waals surface area contributed by atoms with Crippen molar-refractivity contribution in [1.29, 1.82) is 0 Å². The maximum Gasteiger partial charge on any atom is 0.221 e. The molecular formula is C13H20N6O2. The molecule has 2 heterocycles. The molecule has 0 saturated heterocycles. The van der Waals surface area contributed by atoms with Gasteiger partial charge in [0.1, 0.15) is 11.8 Å². The van der Waals surface area contributed by atoms with Crippen LogP contribution in [0.5, 0.6) is 0 Å². The highest BCUT2D eigenvalue weighted by Crippen LogP contribution is 2.14. The number of carbonyl (C=O) groups excluding carboxylic acids is 1. The third kappa shape index (κ3) is 3.66. The van der Waals surface area contributed by atoms with Crippen LogP contribution in [0.15, 0.2) is 12.7 Å². The summed E-state index contributed by atoms with van der Waals surface area (Å²) in [5.74, 6) is 0.310. The lowest BCUT2D eigenvalue weighted by atomic mass is 10.1. The minimum Gasteiger partial charge on any atom is -0.391 e. The molecule has 2 aromatic heterocycles. The van der Waals surface area contributed by atoms with Gasteiger partial charge in [-0.25, -0.2) is 15.0 Å². The molecular weight excluding hydrogens is 272 g/mol. The van der Waals surface area contributed by atoms with Gasteiger partial charge < -0.3 is 20.7 Å². The molecule has 21 heavy (non-hydrogen) atoms. The van der Waals surface area contributed by atoms with Gasteiger partial charge in [-0.05, 0) is 5.92 Å². The molecule has 2 rings (SSSR count). The van der Waals surface area contributed by atoms with Crippen molar-refractivity contribution in [2.75, 3.05) is 12.3 Å². The van der Waals surface area contributed by atoms with Crippen LogP contribution in [-0.4, -0.2) is 43.2 Å². The van der Waals surface area contributed by atoms with Crippen molar-refractivity contribution in [3.63, 3.8) is 0 Å². The van der Waals surface area contributed by atoms with Gasteiger partial charge in [0.05, 0.1) is 12.4 Å². The van der Waals surface area contributed by atoms with Crippen LogP contribution in [0.4, 0.5) is 5.82 Å². The molecule has 8 heteroatoms. The molecule has 0 aliphatic carbocycles. The number of aliphatic hydroxyl groups excluding tert-OH is 1. The Balaban J connectivity index is 1.90.